The summed E-state index contributed by atoms with van der Waals surface area (Å²) in [5.41, 5.74) is 1.16. The average Bonchev–Trinajstić information content (AvgIpc) is 1.91. The summed E-state index contributed by atoms with van der Waals surface area (Å²) in [5, 5.41) is 3.03. The maximum absolute atomic E-state index is 3.96. The third-order valence-corrected chi connectivity index (χ3v) is 1.08. The molecule has 0 aliphatic heterocycles. The molecular weight excluding hydrogens is 112 g/mol. The highest BCUT2D eigenvalue weighted by atomic mass is 14.9. The lowest BCUT2D eigenvalue weighted by molar-refractivity contribution is 0.894. The summed E-state index contributed by atoms with van der Waals surface area (Å²) in [6.07, 6.45) is 4.61. The van der Waals surface area contributed by atoms with E-state index in [1.54, 1.807) is 6.21 Å². The largest absolute Gasteiger partial charge is 0.390 e. The Bertz CT molecular complexity index is 108. The highest BCUT2D eigenvalue weighted by Gasteiger charge is 1.82. The number of nitrogens with zero attached hydrogens (tertiary/aromatic N) is 1. The zero-order valence-corrected chi connectivity index (χ0v) is 6.31. The molecule has 0 bridgehead atoms. The number of hydrogen-bond acceptors (Lipinski definition) is 2. The van der Waals surface area contributed by atoms with E-state index in [1.165, 1.54) is 0 Å². The molecule has 0 aromatic heterocycles. The van der Waals surface area contributed by atoms with Crippen LogP contribution in [0.3, 0.4) is 0 Å². The second-order valence-electron chi connectivity index (χ2n) is 1.67. The van der Waals surface area contributed by atoms with Crippen LogP contribution in [0.2, 0.25) is 0 Å². The third-order valence-electron chi connectivity index (χ3n) is 1.08. The molecule has 0 saturated heterocycles. The lowest BCUT2D eigenvalue weighted by Gasteiger charge is -1.98. The zero-order chi connectivity index (χ0) is 7.11. The van der Waals surface area contributed by atoms with Crippen molar-refractivity contribution in [2.24, 2.45) is 4.99 Å². The summed E-state index contributed by atoms with van der Waals surface area (Å²) in [6.45, 7) is 3.99. The Morgan fingerprint density at radius 1 is 1.67 bits per heavy atom. The van der Waals surface area contributed by atoms with E-state index in [2.05, 4.69) is 17.2 Å². The van der Waals surface area contributed by atoms with Crippen molar-refractivity contribution < 1.29 is 0 Å². The molecule has 0 heterocycles. The molecule has 1 N–H and O–H groups in total. The molecule has 9 heavy (non-hydrogen) atoms. The van der Waals surface area contributed by atoms with Gasteiger partial charge in [0, 0.05) is 25.2 Å². The second kappa shape index (κ2) is 5.35. The van der Waals surface area contributed by atoms with E-state index in [1.807, 2.05) is 20.2 Å². The summed E-state index contributed by atoms with van der Waals surface area (Å²) >= 11 is 0. The monoisotopic (exact) mass is 126 g/mol. The van der Waals surface area contributed by atoms with Crippen molar-refractivity contribution in [3.8, 4) is 0 Å². The zero-order valence-electron chi connectivity index (χ0n) is 6.31. The summed E-state index contributed by atoms with van der Waals surface area (Å²) in [6, 6.07) is 0. The predicted octanol–water partition coefficient (Wildman–Crippen LogP) is 1.55. The molecule has 0 aliphatic rings. The van der Waals surface area contributed by atoms with Gasteiger partial charge in [0.25, 0.3) is 0 Å². The van der Waals surface area contributed by atoms with Crippen LogP contribution in [0.4, 0.5) is 0 Å². The number of hydrogen-bond donors (Lipinski definition) is 1. The summed E-state index contributed by atoms with van der Waals surface area (Å²) in [7, 11) is 1.90. The van der Waals surface area contributed by atoms with E-state index in [9.17, 15) is 0 Å². The first-order valence-corrected chi connectivity index (χ1v) is 3.19. The first kappa shape index (κ1) is 8.21. The maximum Gasteiger partial charge on any atom is 0.0453 e. The van der Waals surface area contributed by atoms with Gasteiger partial charge in [-0.05, 0) is 13.3 Å². The average molecular weight is 126 g/mol. The highest BCUT2D eigenvalue weighted by molar-refractivity contribution is 5.54. The Balaban J connectivity index is 3.75. The minimum absolute atomic E-state index is 1.01. The lowest BCUT2D eigenvalue weighted by atomic mass is 10.4. The van der Waals surface area contributed by atoms with Gasteiger partial charge in [-0.15, -0.1) is 0 Å². The van der Waals surface area contributed by atoms with Crippen molar-refractivity contribution in [2.45, 2.75) is 20.3 Å². The van der Waals surface area contributed by atoms with Crippen LogP contribution in [0, 0.1) is 0 Å². The SMILES string of the molecule is CC=N/C=C(/CC)NC. The van der Waals surface area contributed by atoms with E-state index >= 15 is 0 Å². The summed E-state index contributed by atoms with van der Waals surface area (Å²) in [5.74, 6) is 0. The Morgan fingerprint density at radius 3 is 2.67 bits per heavy atom. The number of aliphatic imine (C=N–C) groups is 1. The Kier molecular flexibility index (Phi) is 4.88. The van der Waals surface area contributed by atoms with Gasteiger partial charge in [0.1, 0.15) is 0 Å². The smallest absolute Gasteiger partial charge is 0.0453 e. The molecular formula is C7H14N2. The second-order valence-corrected chi connectivity index (χ2v) is 1.67. The van der Waals surface area contributed by atoms with Gasteiger partial charge < -0.3 is 5.32 Å². The molecule has 0 unspecified atom stereocenters. The molecule has 2 heteroatoms. The van der Waals surface area contributed by atoms with Gasteiger partial charge in [-0.3, -0.25) is 4.99 Å². The quantitative estimate of drug-likeness (QED) is 0.570. The topological polar surface area (TPSA) is 24.4 Å². The minimum atomic E-state index is 1.01. The van der Waals surface area contributed by atoms with Gasteiger partial charge in [0.05, 0.1) is 0 Å². The first-order valence-electron chi connectivity index (χ1n) is 3.19. The van der Waals surface area contributed by atoms with Gasteiger partial charge in [0.2, 0.25) is 0 Å². The molecule has 52 valence electrons. The normalized spacial score (nSPS) is 12.6. The van der Waals surface area contributed by atoms with Crippen molar-refractivity contribution in [1.82, 2.24) is 5.32 Å². The van der Waals surface area contributed by atoms with Crippen LogP contribution in [0.1, 0.15) is 20.3 Å². The van der Waals surface area contributed by atoms with Gasteiger partial charge in [-0.1, -0.05) is 6.92 Å². The van der Waals surface area contributed by atoms with Crippen LogP contribution < -0.4 is 5.32 Å². The van der Waals surface area contributed by atoms with Crippen LogP contribution in [0.25, 0.3) is 0 Å². The van der Waals surface area contributed by atoms with E-state index in [0.717, 1.165) is 12.1 Å². The van der Waals surface area contributed by atoms with Crippen LogP contribution in [-0.2, 0) is 0 Å². The van der Waals surface area contributed by atoms with Crippen molar-refractivity contribution >= 4 is 6.21 Å². The number of nitrogens with one attached hydrogen (secondary N) is 1. The van der Waals surface area contributed by atoms with E-state index in [0.29, 0.717) is 0 Å². The van der Waals surface area contributed by atoms with Crippen LogP contribution in [-0.4, -0.2) is 13.3 Å². The molecule has 0 rings (SSSR count). The van der Waals surface area contributed by atoms with Gasteiger partial charge in [-0.2, -0.15) is 0 Å². The fourth-order valence-corrected chi connectivity index (χ4v) is 0.497. The fourth-order valence-electron chi connectivity index (χ4n) is 0.497. The van der Waals surface area contributed by atoms with Gasteiger partial charge in [0.15, 0.2) is 0 Å². The predicted molar refractivity (Wildman–Crippen MR) is 41.6 cm³/mol. The van der Waals surface area contributed by atoms with E-state index < -0.39 is 0 Å². The number of allylic oxidation sites excluding steroid dienone is 1. The molecule has 0 spiro atoms. The standard InChI is InChI=1S/C7H14N2/c1-4-7(8-3)6-9-5-2/h5-6,8H,4H2,1-3H3/b7-6-,9-5?. The third kappa shape index (κ3) is 3.76. The van der Waals surface area contributed by atoms with Crippen LogP contribution >= 0.6 is 0 Å². The molecule has 0 fully saturated rings. The highest BCUT2D eigenvalue weighted by Crippen LogP contribution is 1.92. The molecule has 2 nitrogen and oxygen atoms in total. The first-order chi connectivity index (χ1) is 4.35. The molecule has 0 aliphatic carbocycles. The lowest BCUT2D eigenvalue weighted by Crippen LogP contribution is -2.03. The van der Waals surface area contributed by atoms with E-state index in [-0.39, 0.29) is 0 Å². The Morgan fingerprint density at radius 2 is 2.33 bits per heavy atom. The van der Waals surface area contributed by atoms with Crippen molar-refractivity contribution in [3.05, 3.63) is 11.9 Å². The van der Waals surface area contributed by atoms with E-state index in [4.69, 9.17) is 0 Å². The molecule has 0 radical (unpaired) electrons. The molecule has 0 amide bonds. The summed E-state index contributed by atoms with van der Waals surface area (Å²) < 4.78 is 0. The molecule has 0 aromatic rings. The summed E-state index contributed by atoms with van der Waals surface area (Å²) in [4.78, 5) is 3.96. The van der Waals surface area contributed by atoms with Crippen molar-refractivity contribution in [3.63, 3.8) is 0 Å². The molecule has 0 aromatic carbocycles. The minimum Gasteiger partial charge on any atom is -0.390 e. The molecule has 0 saturated carbocycles. The Hall–Kier alpha value is -0.790. The van der Waals surface area contributed by atoms with Crippen molar-refractivity contribution in [2.75, 3.05) is 7.05 Å². The van der Waals surface area contributed by atoms with Gasteiger partial charge in [-0.25, -0.2) is 0 Å². The Labute approximate surface area is 56.7 Å². The van der Waals surface area contributed by atoms with Crippen LogP contribution in [0.5, 0.6) is 0 Å². The molecule has 0 atom stereocenters. The van der Waals surface area contributed by atoms with Gasteiger partial charge >= 0.3 is 0 Å². The maximum atomic E-state index is 3.96. The van der Waals surface area contributed by atoms with Crippen molar-refractivity contribution in [1.29, 1.82) is 0 Å². The van der Waals surface area contributed by atoms with Crippen LogP contribution in [0.15, 0.2) is 16.9 Å². The fraction of sp³-hybridized carbons (Fsp3) is 0.571. The number of rotatable bonds is 3.